The molecule has 1 radical (unpaired) electrons. The molecule has 0 aromatic rings. The topological polar surface area (TPSA) is 70.0 Å². The fourth-order valence-electron chi connectivity index (χ4n) is 0.227. The van der Waals surface area contributed by atoms with Crippen LogP contribution in [0.4, 0.5) is 0 Å². The van der Waals surface area contributed by atoms with Crippen LogP contribution in [0.3, 0.4) is 0 Å². The molecule has 45 valence electrons. The Morgan fingerprint density at radius 3 is 2.75 bits per heavy atom. The second-order valence-corrected chi connectivity index (χ2v) is 1.16. The molecule has 0 rings (SSSR count). The molecule has 0 aromatic heterocycles. The maximum atomic E-state index is 10.0. The molecule has 0 bridgehead atoms. The van der Waals surface area contributed by atoms with Crippen molar-refractivity contribution in [2.75, 3.05) is 13.1 Å². The smallest absolute Gasteiger partial charge is 0.284 e. The van der Waals surface area contributed by atoms with Gasteiger partial charge in [-0.1, -0.05) is 0 Å². The zero-order chi connectivity index (χ0) is 6.41. The van der Waals surface area contributed by atoms with Gasteiger partial charge in [0.15, 0.2) is 0 Å². The summed E-state index contributed by atoms with van der Waals surface area (Å²) >= 11 is 0. The molecule has 0 unspecified atom stereocenters. The van der Waals surface area contributed by atoms with Gasteiger partial charge in [-0.3, -0.25) is 15.3 Å². The number of hydrogen-bond donors (Lipinski definition) is 1. The normalized spacial score (nSPS) is 8.12. The van der Waals surface area contributed by atoms with E-state index in [1.807, 2.05) is 0 Å². The number of rotatable bonds is 3. The Balaban J connectivity index is 3.11. The van der Waals surface area contributed by atoms with E-state index in [0.717, 1.165) is 0 Å². The van der Waals surface area contributed by atoms with E-state index in [1.54, 1.807) is 0 Å². The highest BCUT2D eigenvalue weighted by Crippen LogP contribution is 1.54. The molecule has 1 amide bonds. The lowest BCUT2D eigenvalue weighted by Crippen LogP contribution is -2.27. The quantitative estimate of drug-likeness (QED) is 0.362. The van der Waals surface area contributed by atoms with Gasteiger partial charge in [0.1, 0.15) is 0 Å². The minimum Gasteiger partial charge on any atom is -0.348 e. The van der Waals surface area contributed by atoms with Gasteiger partial charge in [-0.2, -0.15) is 0 Å². The first-order chi connectivity index (χ1) is 3.81. The zero-order valence-corrected chi connectivity index (χ0v) is 4.31. The lowest BCUT2D eigenvalue weighted by atomic mass is 10.6. The van der Waals surface area contributed by atoms with Crippen LogP contribution in [0.15, 0.2) is 0 Å². The number of hydrogen-bond acceptors (Lipinski definition) is 2. The fraction of sp³-hybridized carbons (Fsp3) is 0.500. The summed E-state index contributed by atoms with van der Waals surface area (Å²) in [5.41, 5.74) is 6.54. The van der Waals surface area contributed by atoms with Crippen molar-refractivity contribution in [3.63, 3.8) is 0 Å². The van der Waals surface area contributed by atoms with Crippen molar-refractivity contribution < 1.29 is 9.59 Å². The third-order valence-electron chi connectivity index (χ3n) is 0.531. The average molecular weight is 115 g/mol. The molecule has 0 aliphatic heterocycles. The highest BCUT2D eigenvalue weighted by molar-refractivity contribution is 6.23. The van der Waals surface area contributed by atoms with Crippen LogP contribution in [0.2, 0.25) is 0 Å². The summed E-state index contributed by atoms with van der Waals surface area (Å²) < 4.78 is 0. The predicted molar refractivity (Wildman–Crippen MR) is 27.0 cm³/mol. The second kappa shape index (κ2) is 4.26. The Labute approximate surface area is 47.0 Å². The van der Waals surface area contributed by atoms with Gasteiger partial charge in [0, 0.05) is 13.1 Å². The van der Waals surface area contributed by atoms with E-state index in [1.165, 1.54) is 0 Å². The third kappa shape index (κ3) is 3.30. The van der Waals surface area contributed by atoms with E-state index in [2.05, 4.69) is 5.32 Å². The Hall–Kier alpha value is -0.900. The van der Waals surface area contributed by atoms with E-state index in [4.69, 9.17) is 5.73 Å². The SMILES string of the molecule is [NH]CCNC(=O)C=O. The first-order valence-corrected chi connectivity index (χ1v) is 2.19. The summed E-state index contributed by atoms with van der Waals surface area (Å²) in [6.07, 6.45) is 0.190. The van der Waals surface area contributed by atoms with Crippen molar-refractivity contribution in [1.29, 1.82) is 0 Å². The molecule has 0 aliphatic carbocycles. The molecule has 0 saturated carbocycles. The van der Waals surface area contributed by atoms with Gasteiger partial charge in [-0.25, -0.2) is 0 Å². The van der Waals surface area contributed by atoms with Crippen molar-refractivity contribution >= 4 is 12.2 Å². The summed E-state index contributed by atoms with van der Waals surface area (Å²) in [5, 5.41) is 2.19. The van der Waals surface area contributed by atoms with Crippen molar-refractivity contribution in [2.24, 2.45) is 0 Å². The van der Waals surface area contributed by atoms with Gasteiger partial charge >= 0.3 is 0 Å². The lowest BCUT2D eigenvalue weighted by Gasteiger charge is -1.92. The van der Waals surface area contributed by atoms with Crippen LogP contribution in [-0.4, -0.2) is 25.3 Å². The van der Waals surface area contributed by atoms with E-state index in [0.29, 0.717) is 0 Å². The molecule has 0 heterocycles. The molecule has 0 aliphatic rings. The monoisotopic (exact) mass is 115 g/mol. The Morgan fingerprint density at radius 1 is 1.75 bits per heavy atom. The molecule has 8 heavy (non-hydrogen) atoms. The van der Waals surface area contributed by atoms with Crippen LogP contribution < -0.4 is 11.1 Å². The lowest BCUT2D eigenvalue weighted by molar-refractivity contribution is -0.131. The Bertz CT molecular complexity index is 92.0. The molecule has 4 nitrogen and oxygen atoms in total. The van der Waals surface area contributed by atoms with E-state index >= 15 is 0 Å². The Kier molecular flexibility index (Phi) is 3.78. The van der Waals surface area contributed by atoms with Crippen LogP contribution in [-0.2, 0) is 9.59 Å². The van der Waals surface area contributed by atoms with Crippen molar-refractivity contribution in [1.82, 2.24) is 11.1 Å². The maximum Gasteiger partial charge on any atom is 0.284 e. The molecule has 0 spiro atoms. The van der Waals surface area contributed by atoms with E-state index in [-0.39, 0.29) is 19.4 Å². The van der Waals surface area contributed by atoms with Gasteiger partial charge < -0.3 is 5.32 Å². The number of amides is 1. The first-order valence-electron chi connectivity index (χ1n) is 2.19. The van der Waals surface area contributed by atoms with Crippen LogP contribution in [0, 0.1) is 0 Å². The number of nitrogens with one attached hydrogen (secondary N) is 2. The summed E-state index contributed by atoms with van der Waals surface area (Å²) in [4.78, 5) is 19.5. The summed E-state index contributed by atoms with van der Waals surface area (Å²) in [7, 11) is 0. The predicted octanol–water partition coefficient (Wildman–Crippen LogP) is -1.42. The molecule has 0 fully saturated rings. The molecule has 2 N–H and O–H groups in total. The van der Waals surface area contributed by atoms with Crippen molar-refractivity contribution in [3.05, 3.63) is 0 Å². The summed E-state index contributed by atoms with van der Waals surface area (Å²) in [6.45, 7) is 0.358. The number of carbonyl (C=O) groups is 2. The van der Waals surface area contributed by atoms with Gasteiger partial charge in [0.2, 0.25) is 6.29 Å². The third-order valence-corrected chi connectivity index (χ3v) is 0.531. The highest BCUT2D eigenvalue weighted by Gasteiger charge is 1.91. The molecule has 0 aromatic carbocycles. The number of aldehydes is 1. The molecule has 4 heteroatoms. The Morgan fingerprint density at radius 2 is 2.38 bits per heavy atom. The zero-order valence-electron chi connectivity index (χ0n) is 4.31. The van der Waals surface area contributed by atoms with Crippen molar-refractivity contribution in [2.45, 2.75) is 0 Å². The number of carbonyl (C=O) groups excluding carboxylic acids is 2. The minimum absolute atomic E-state index is 0.111. The van der Waals surface area contributed by atoms with Crippen molar-refractivity contribution in [3.8, 4) is 0 Å². The van der Waals surface area contributed by atoms with Gasteiger partial charge in [0.25, 0.3) is 5.91 Å². The van der Waals surface area contributed by atoms with E-state index in [9.17, 15) is 9.59 Å². The first kappa shape index (κ1) is 7.10. The molecule has 0 saturated heterocycles. The van der Waals surface area contributed by atoms with Gasteiger partial charge in [-0.15, -0.1) is 0 Å². The van der Waals surface area contributed by atoms with Crippen LogP contribution in [0.25, 0.3) is 0 Å². The molecular formula is C4H7N2O2. The maximum absolute atomic E-state index is 10.0. The summed E-state index contributed by atoms with van der Waals surface area (Å²) in [5.74, 6) is -0.655. The molecule has 0 atom stereocenters. The largest absolute Gasteiger partial charge is 0.348 e. The highest BCUT2D eigenvalue weighted by atomic mass is 16.2. The van der Waals surface area contributed by atoms with Gasteiger partial charge in [-0.05, 0) is 0 Å². The van der Waals surface area contributed by atoms with E-state index < -0.39 is 5.91 Å². The van der Waals surface area contributed by atoms with Crippen LogP contribution >= 0.6 is 0 Å². The minimum atomic E-state index is -0.655. The molecular weight excluding hydrogens is 108 g/mol. The second-order valence-electron chi connectivity index (χ2n) is 1.16. The average Bonchev–Trinajstić information content (AvgIpc) is 1.83. The van der Waals surface area contributed by atoms with Crippen LogP contribution in [0.5, 0.6) is 0 Å². The van der Waals surface area contributed by atoms with Crippen LogP contribution in [0.1, 0.15) is 0 Å². The fourth-order valence-corrected chi connectivity index (χ4v) is 0.227. The van der Waals surface area contributed by atoms with Gasteiger partial charge in [0.05, 0.1) is 0 Å². The summed E-state index contributed by atoms with van der Waals surface area (Å²) in [6, 6.07) is 0. The standard InChI is InChI=1S/C4H7N2O2/c5-1-2-6-4(8)3-7/h3,5H,1-2H2,(H,6,8).